The zero-order chi connectivity index (χ0) is 7.72. The van der Waals surface area contributed by atoms with Gasteiger partial charge in [0.25, 0.3) is 0 Å². The molecule has 2 atom stereocenters. The van der Waals surface area contributed by atoms with Gasteiger partial charge < -0.3 is 9.84 Å². The summed E-state index contributed by atoms with van der Waals surface area (Å²) in [5.74, 6) is -0.197. The van der Waals surface area contributed by atoms with E-state index in [1.165, 1.54) is 0 Å². The number of carboxylic acid groups (broad SMARTS) is 1. The summed E-state index contributed by atoms with van der Waals surface area (Å²) in [6, 6.07) is 0. The Labute approximate surface area is 60.0 Å². The highest BCUT2D eigenvalue weighted by Crippen LogP contribution is 2.27. The first-order chi connectivity index (χ1) is 4.63. The van der Waals surface area contributed by atoms with E-state index in [9.17, 15) is 4.79 Å². The van der Waals surface area contributed by atoms with E-state index in [0.29, 0.717) is 12.5 Å². The molecule has 1 fully saturated rings. The summed E-state index contributed by atoms with van der Waals surface area (Å²) in [6.45, 7) is 4.64. The van der Waals surface area contributed by atoms with E-state index in [1.54, 1.807) is 0 Å². The number of carboxylic acids is 1. The van der Waals surface area contributed by atoms with Crippen molar-refractivity contribution >= 4 is 5.97 Å². The van der Waals surface area contributed by atoms with Gasteiger partial charge in [-0.15, -0.1) is 0 Å². The molecule has 0 bridgehead atoms. The molecule has 1 unspecified atom stereocenters. The predicted octanol–water partition coefficient (Wildman–Crippen LogP) is 0.742. The van der Waals surface area contributed by atoms with Crippen LogP contribution in [0.5, 0.6) is 0 Å². The van der Waals surface area contributed by atoms with Gasteiger partial charge in [0.1, 0.15) is 0 Å². The molecule has 0 aromatic rings. The molecule has 3 nitrogen and oxygen atoms in total. The molecule has 0 radical (unpaired) electrons. The van der Waals surface area contributed by atoms with Crippen LogP contribution in [-0.2, 0) is 9.53 Å². The van der Waals surface area contributed by atoms with Crippen LogP contribution < -0.4 is 0 Å². The Kier molecular flexibility index (Phi) is 1.94. The van der Waals surface area contributed by atoms with Gasteiger partial charge in [-0.3, -0.25) is 0 Å². The maximum atomic E-state index is 10.4. The number of ether oxygens (including phenoxy) is 1. The summed E-state index contributed by atoms with van der Waals surface area (Å²) in [4.78, 5) is 10.4. The fourth-order valence-corrected chi connectivity index (χ4v) is 1.10. The Morgan fingerprint density at radius 2 is 2.30 bits per heavy atom. The van der Waals surface area contributed by atoms with E-state index in [1.807, 2.05) is 13.8 Å². The van der Waals surface area contributed by atoms with Crippen LogP contribution in [0, 0.1) is 11.8 Å². The third kappa shape index (κ3) is 1.14. The second-order valence-electron chi connectivity index (χ2n) is 3.00. The topological polar surface area (TPSA) is 46.5 Å². The molecule has 0 amide bonds. The van der Waals surface area contributed by atoms with Crippen molar-refractivity contribution in [3.05, 3.63) is 0 Å². The van der Waals surface area contributed by atoms with Crippen molar-refractivity contribution < 1.29 is 14.6 Å². The minimum absolute atomic E-state index is 0.220. The summed E-state index contributed by atoms with van der Waals surface area (Å²) in [7, 11) is 0. The molecule has 1 saturated heterocycles. The minimum atomic E-state index is -0.829. The minimum Gasteiger partial charge on any atom is -0.479 e. The van der Waals surface area contributed by atoms with Gasteiger partial charge >= 0.3 is 5.97 Å². The fourth-order valence-electron chi connectivity index (χ4n) is 1.10. The molecule has 0 aromatic carbocycles. The van der Waals surface area contributed by atoms with Gasteiger partial charge in [-0.2, -0.15) is 0 Å². The first kappa shape index (κ1) is 7.54. The molecular weight excluding hydrogens is 132 g/mol. The molecule has 0 aliphatic carbocycles. The highest BCUT2D eigenvalue weighted by molar-refractivity contribution is 5.73. The fraction of sp³-hybridized carbons (Fsp3) is 0.857. The van der Waals surface area contributed by atoms with Crippen LogP contribution in [0.1, 0.15) is 13.8 Å². The summed E-state index contributed by atoms with van der Waals surface area (Å²) < 4.78 is 4.87. The molecule has 0 aromatic heterocycles. The van der Waals surface area contributed by atoms with E-state index in [-0.39, 0.29) is 5.92 Å². The second kappa shape index (κ2) is 2.58. The summed E-state index contributed by atoms with van der Waals surface area (Å²) in [6.07, 6.45) is -0.542. The third-order valence-electron chi connectivity index (χ3n) is 1.96. The normalized spacial score (nSPS) is 31.9. The van der Waals surface area contributed by atoms with Gasteiger partial charge in [-0.1, -0.05) is 13.8 Å². The summed E-state index contributed by atoms with van der Waals surface area (Å²) in [5.41, 5.74) is 0. The number of rotatable bonds is 2. The van der Waals surface area contributed by atoms with Crippen LogP contribution in [0.4, 0.5) is 0 Å². The number of hydrogen-bond acceptors (Lipinski definition) is 2. The van der Waals surface area contributed by atoms with Crippen molar-refractivity contribution in [2.75, 3.05) is 6.61 Å². The predicted molar refractivity (Wildman–Crippen MR) is 35.7 cm³/mol. The maximum absolute atomic E-state index is 10.4. The Hall–Kier alpha value is -0.570. The van der Waals surface area contributed by atoms with Gasteiger partial charge in [0.2, 0.25) is 0 Å². The van der Waals surface area contributed by atoms with E-state index in [2.05, 4.69) is 0 Å². The van der Waals surface area contributed by atoms with E-state index < -0.39 is 12.1 Å². The van der Waals surface area contributed by atoms with Crippen molar-refractivity contribution in [1.29, 1.82) is 0 Å². The van der Waals surface area contributed by atoms with Gasteiger partial charge in [0, 0.05) is 5.92 Å². The van der Waals surface area contributed by atoms with Crippen molar-refractivity contribution in [3.8, 4) is 0 Å². The highest BCUT2D eigenvalue weighted by Gasteiger charge is 2.39. The first-order valence-corrected chi connectivity index (χ1v) is 3.47. The van der Waals surface area contributed by atoms with Crippen LogP contribution in [-0.4, -0.2) is 23.8 Å². The van der Waals surface area contributed by atoms with Crippen LogP contribution >= 0.6 is 0 Å². The summed E-state index contributed by atoms with van der Waals surface area (Å²) in [5, 5.41) is 8.53. The zero-order valence-corrected chi connectivity index (χ0v) is 6.20. The van der Waals surface area contributed by atoms with E-state index >= 15 is 0 Å². The zero-order valence-electron chi connectivity index (χ0n) is 6.20. The molecule has 1 N–H and O–H groups in total. The van der Waals surface area contributed by atoms with Crippen LogP contribution in [0.15, 0.2) is 0 Å². The lowest BCUT2D eigenvalue weighted by molar-refractivity contribution is -0.183. The van der Waals surface area contributed by atoms with Crippen molar-refractivity contribution in [2.24, 2.45) is 11.8 Å². The number of hydrogen-bond donors (Lipinski definition) is 1. The molecule has 1 heterocycles. The molecule has 1 rings (SSSR count). The molecule has 1 aliphatic heterocycles. The SMILES string of the molecule is CC(C)C1CO[C@H]1C(=O)O. The number of carbonyl (C=O) groups is 1. The Morgan fingerprint density at radius 1 is 1.70 bits per heavy atom. The average Bonchev–Trinajstić information content (AvgIpc) is 1.56. The van der Waals surface area contributed by atoms with E-state index in [0.717, 1.165) is 0 Å². The Bertz CT molecular complexity index is 142. The van der Waals surface area contributed by atoms with Crippen molar-refractivity contribution in [3.63, 3.8) is 0 Å². The average molecular weight is 144 g/mol. The van der Waals surface area contributed by atoms with E-state index in [4.69, 9.17) is 9.84 Å². The molecule has 0 saturated carbocycles. The largest absolute Gasteiger partial charge is 0.479 e. The highest BCUT2D eigenvalue weighted by atomic mass is 16.5. The summed E-state index contributed by atoms with van der Waals surface area (Å²) >= 11 is 0. The van der Waals surface area contributed by atoms with Crippen molar-refractivity contribution in [2.45, 2.75) is 20.0 Å². The standard InChI is InChI=1S/C7H12O3/c1-4(2)5-3-10-6(5)7(8)9/h4-6H,3H2,1-2H3,(H,8,9)/t5?,6-/m1/s1. The molecular formula is C7H12O3. The maximum Gasteiger partial charge on any atom is 0.333 e. The molecule has 10 heavy (non-hydrogen) atoms. The van der Waals surface area contributed by atoms with Crippen LogP contribution in [0.2, 0.25) is 0 Å². The van der Waals surface area contributed by atoms with Gasteiger partial charge in [-0.25, -0.2) is 4.79 Å². The monoisotopic (exact) mass is 144 g/mol. The van der Waals surface area contributed by atoms with Crippen LogP contribution in [0.3, 0.4) is 0 Å². The van der Waals surface area contributed by atoms with Gasteiger partial charge in [0.05, 0.1) is 6.61 Å². The lowest BCUT2D eigenvalue weighted by Gasteiger charge is -2.36. The first-order valence-electron chi connectivity index (χ1n) is 3.47. The quantitative estimate of drug-likeness (QED) is 0.621. The number of aliphatic carboxylic acids is 1. The smallest absolute Gasteiger partial charge is 0.333 e. The van der Waals surface area contributed by atoms with Crippen LogP contribution in [0.25, 0.3) is 0 Å². The second-order valence-corrected chi connectivity index (χ2v) is 3.00. The molecule has 1 aliphatic rings. The molecule has 58 valence electrons. The lowest BCUT2D eigenvalue weighted by atomic mass is 9.87. The Balaban J connectivity index is 2.43. The molecule has 3 heteroatoms. The molecule has 0 spiro atoms. The van der Waals surface area contributed by atoms with Crippen molar-refractivity contribution in [1.82, 2.24) is 0 Å². The lowest BCUT2D eigenvalue weighted by Crippen LogP contribution is -2.47. The van der Waals surface area contributed by atoms with Gasteiger partial charge in [-0.05, 0) is 5.92 Å². The van der Waals surface area contributed by atoms with Gasteiger partial charge in [0.15, 0.2) is 6.10 Å². The third-order valence-corrected chi connectivity index (χ3v) is 1.96. The Morgan fingerprint density at radius 3 is 2.40 bits per heavy atom.